The molecule has 1 aliphatic carbocycles. The Balaban J connectivity index is 1.84. The average Bonchev–Trinajstić information content (AvgIpc) is 3.06. The minimum atomic E-state index is -0.0979. The third-order valence-corrected chi connectivity index (χ3v) is 6.28. The number of amidine groups is 1. The van der Waals surface area contributed by atoms with Gasteiger partial charge in [0.25, 0.3) is 6.02 Å². The Labute approximate surface area is 159 Å². The van der Waals surface area contributed by atoms with Crippen LogP contribution in [0.15, 0.2) is 15.6 Å². The van der Waals surface area contributed by atoms with Crippen LogP contribution in [0.1, 0.15) is 58.6 Å². The number of thiocarbonyl (C=S) groups is 1. The van der Waals surface area contributed by atoms with Crippen LogP contribution in [-0.4, -0.2) is 39.8 Å². The van der Waals surface area contributed by atoms with Gasteiger partial charge in [0.1, 0.15) is 10.1 Å². The predicted octanol–water partition coefficient (Wildman–Crippen LogP) is 4.89. The van der Waals surface area contributed by atoms with E-state index in [1.807, 2.05) is 17.2 Å². The molecule has 0 radical (unpaired) electrons. The lowest BCUT2D eigenvalue weighted by Crippen LogP contribution is -2.52. The summed E-state index contributed by atoms with van der Waals surface area (Å²) in [5.74, 6) is 1.35. The van der Waals surface area contributed by atoms with Gasteiger partial charge in [-0.25, -0.2) is 0 Å². The standard InChI is InChI=1S/C18H27N3O2S2/c1-17(2,3)13-10-14(20-23-13)19-15-21(16(24)25-4)11-18(12-22-15)8-6-5-7-9-18/h10H,5-9,11-12H2,1-4H3. The molecule has 1 saturated carbocycles. The fourth-order valence-electron chi connectivity index (χ4n) is 3.46. The van der Waals surface area contributed by atoms with E-state index in [1.54, 1.807) is 11.8 Å². The highest BCUT2D eigenvalue weighted by atomic mass is 32.2. The van der Waals surface area contributed by atoms with E-state index in [0.717, 1.165) is 16.6 Å². The average molecular weight is 382 g/mol. The third kappa shape index (κ3) is 4.19. The molecule has 1 aromatic heterocycles. The summed E-state index contributed by atoms with van der Waals surface area (Å²) in [6.45, 7) is 7.86. The topological polar surface area (TPSA) is 50.9 Å². The van der Waals surface area contributed by atoms with Crippen molar-refractivity contribution in [3.05, 3.63) is 11.8 Å². The molecule has 2 fully saturated rings. The highest BCUT2D eigenvalue weighted by molar-refractivity contribution is 8.22. The highest BCUT2D eigenvalue weighted by Crippen LogP contribution is 2.40. The number of thioether (sulfide) groups is 1. The Morgan fingerprint density at radius 1 is 1.32 bits per heavy atom. The second kappa shape index (κ2) is 7.27. The normalized spacial score (nSPS) is 22.2. The van der Waals surface area contributed by atoms with Crippen molar-refractivity contribution in [3.63, 3.8) is 0 Å². The van der Waals surface area contributed by atoms with Gasteiger partial charge in [-0.1, -0.05) is 69.2 Å². The number of nitrogens with zero attached hydrogens (tertiary/aromatic N) is 3. The van der Waals surface area contributed by atoms with Crippen LogP contribution >= 0.6 is 24.0 Å². The Bertz CT molecular complexity index is 658. The summed E-state index contributed by atoms with van der Waals surface area (Å²) in [6.07, 6.45) is 8.26. The second-order valence-electron chi connectivity index (χ2n) is 8.10. The zero-order valence-electron chi connectivity index (χ0n) is 15.5. The molecular formula is C18H27N3O2S2. The second-order valence-corrected chi connectivity index (χ2v) is 9.54. The fraction of sp³-hybridized carbons (Fsp3) is 0.722. The number of rotatable bonds is 1. The van der Waals surface area contributed by atoms with Crippen molar-refractivity contribution in [3.8, 4) is 0 Å². The molecule has 25 heavy (non-hydrogen) atoms. The molecule has 5 nitrogen and oxygen atoms in total. The first-order chi connectivity index (χ1) is 11.8. The Morgan fingerprint density at radius 2 is 2.04 bits per heavy atom. The monoisotopic (exact) mass is 381 g/mol. The third-order valence-electron chi connectivity index (χ3n) is 4.99. The van der Waals surface area contributed by atoms with E-state index >= 15 is 0 Å². The Kier molecular flexibility index (Phi) is 5.44. The number of aliphatic imine (C=N–C) groups is 1. The van der Waals surface area contributed by atoms with Gasteiger partial charge in [-0.15, -0.1) is 0 Å². The maximum absolute atomic E-state index is 6.10. The molecule has 1 spiro atoms. The molecule has 3 rings (SSSR count). The first-order valence-corrected chi connectivity index (χ1v) is 10.5. The molecule has 1 aliphatic heterocycles. The molecule has 2 aliphatic rings. The number of ether oxygens (including phenoxy) is 1. The van der Waals surface area contributed by atoms with E-state index in [4.69, 9.17) is 21.5 Å². The highest BCUT2D eigenvalue weighted by Gasteiger charge is 2.41. The van der Waals surface area contributed by atoms with Crippen LogP contribution in [0, 0.1) is 5.41 Å². The minimum absolute atomic E-state index is 0.0979. The summed E-state index contributed by atoms with van der Waals surface area (Å²) in [5, 5.41) is 4.08. The van der Waals surface area contributed by atoms with Crippen molar-refractivity contribution in [2.75, 3.05) is 19.4 Å². The fourth-order valence-corrected chi connectivity index (χ4v) is 3.97. The first-order valence-electron chi connectivity index (χ1n) is 8.87. The summed E-state index contributed by atoms with van der Waals surface area (Å²) in [7, 11) is 0. The predicted molar refractivity (Wildman–Crippen MR) is 107 cm³/mol. The largest absolute Gasteiger partial charge is 0.464 e. The lowest BCUT2D eigenvalue weighted by atomic mass is 9.74. The van der Waals surface area contributed by atoms with Gasteiger partial charge in [0, 0.05) is 23.4 Å². The van der Waals surface area contributed by atoms with Gasteiger partial charge in [-0.2, -0.15) is 4.99 Å². The van der Waals surface area contributed by atoms with Crippen LogP contribution in [0.4, 0.5) is 5.82 Å². The molecule has 0 amide bonds. The van der Waals surface area contributed by atoms with Gasteiger partial charge in [-0.3, -0.25) is 4.90 Å². The van der Waals surface area contributed by atoms with Crippen LogP contribution in [0.25, 0.3) is 0 Å². The smallest absolute Gasteiger partial charge is 0.299 e. The molecule has 138 valence electrons. The van der Waals surface area contributed by atoms with Crippen molar-refractivity contribution < 1.29 is 9.26 Å². The molecule has 1 saturated heterocycles. The van der Waals surface area contributed by atoms with E-state index in [1.165, 1.54) is 32.1 Å². The van der Waals surface area contributed by atoms with Crippen LogP contribution in [0.3, 0.4) is 0 Å². The van der Waals surface area contributed by atoms with Crippen LogP contribution < -0.4 is 0 Å². The van der Waals surface area contributed by atoms with E-state index in [0.29, 0.717) is 18.4 Å². The summed E-state index contributed by atoms with van der Waals surface area (Å²) >= 11 is 7.12. The summed E-state index contributed by atoms with van der Waals surface area (Å²) in [6, 6.07) is 2.42. The lowest BCUT2D eigenvalue weighted by Gasteiger charge is -2.45. The van der Waals surface area contributed by atoms with Crippen LogP contribution in [-0.2, 0) is 10.2 Å². The molecular weight excluding hydrogens is 354 g/mol. The zero-order chi connectivity index (χ0) is 18.1. The van der Waals surface area contributed by atoms with Crippen molar-refractivity contribution >= 4 is 40.1 Å². The molecule has 0 atom stereocenters. The SMILES string of the molecule is CSC(=S)N1CC2(CCCCC2)COC1=Nc1cc(C(C)(C)C)on1. The van der Waals surface area contributed by atoms with Gasteiger partial charge in [-0.05, 0) is 19.1 Å². The Morgan fingerprint density at radius 3 is 2.64 bits per heavy atom. The molecule has 1 aromatic rings. The summed E-state index contributed by atoms with van der Waals surface area (Å²) in [4.78, 5) is 6.64. The zero-order valence-corrected chi connectivity index (χ0v) is 17.1. The van der Waals surface area contributed by atoms with E-state index in [9.17, 15) is 0 Å². The van der Waals surface area contributed by atoms with Crippen molar-refractivity contribution in [1.82, 2.24) is 10.1 Å². The van der Waals surface area contributed by atoms with Gasteiger partial charge in [0.2, 0.25) is 0 Å². The maximum Gasteiger partial charge on any atom is 0.299 e. The molecule has 0 unspecified atom stereocenters. The number of hydrogen-bond acceptors (Lipinski definition) is 6. The van der Waals surface area contributed by atoms with E-state index < -0.39 is 0 Å². The molecule has 7 heteroatoms. The molecule has 0 bridgehead atoms. The van der Waals surface area contributed by atoms with Gasteiger partial charge in [0.15, 0.2) is 5.82 Å². The van der Waals surface area contributed by atoms with E-state index in [-0.39, 0.29) is 10.8 Å². The summed E-state index contributed by atoms with van der Waals surface area (Å²) in [5.41, 5.74) is 0.108. The van der Waals surface area contributed by atoms with Crippen molar-refractivity contribution in [2.45, 2.75) is 58.3 Å². The maximum atomic E-state index is 6.10. The van der Waals surface area contributed by atoms with Crippen LogP contribution in [0.5, 0.6) is 0 Å². The lowest BCUT2D eigenvalue weighted by molar-refractivity contribution is 0.0347. The quantitative estimate of drug-likeness (QED) is 0.646. The van der Waals surface area contributed by atoms with Gasteiger partial charge in [0.05, 0.1) is 6.61 Å². The minimum Gasteiger partial charge on any atom is -0.464 e. The molecule has 0 aromatic carbocycles. The van der Waals surface area contributed by atoms with E-state index in [2.05, 4.69) is 30.9 Å². The Hall–Kier alpha value is -1.08. The van der Waals surface area contributed by atoms with Gasteiger partial charge < -0.3 is 9.26 Å². The van der Waals surface area contributed by atoms with Gasteiger partial charge >= 0.3 is 0 Å². The molecule has 2 heterocycles. The van der Waals surface area contributed by atoms with Crippen molar-refractivity contribution in [2.24, 2.45) is 10.4 Å². The summed E-state index contributed by atoms with van der Waals surface area (Å²) < 4.78 is 12.3. The number of hydrogen-bond donors (Lipinski definition) is 0. The number of aromatic nitrogens is 1. The van der Waals surface area contributed by atoms with Crippen molar-refractivity contribution in [1.29, 1.82) is 0 Å². The first kappa shape index (κ1) is 18.7. The van der Waals surface area contributed by atoms with Crippen LogP contribution in [0.2, 0.25) is 0 Å². The molecule has 0 N–H and O–H groups in total.